The lowest BCUT2D eigenvalue weighted by Gasteiger charge is -2.29. The highest BCUT2D eigenvalue weighted by atomic mass is 15.3. The summed E-state index contributed by atoms with van der Waals surface area (Å²) in [5.41, 5.74) is 0.787. The topological polar surface area (TPSA) is 69.7 Å². The van der Waals surface area contributed by atoms with Crippen LogP contribution in [0.1, 0.15) is 40.5 Å². The molecule has 2 rings (SSSR count). The molecule has 0 aromatic carbocycles. The predicted octanol–water partition coefficient (Wildman–Crippen LogP) is 2.80. The fourth-order valence-corrected chi connectivity index (χ4v) is 2.25. The minimum absolute atomic E-state index is 0.437. The summed E-state index contributed by atoms with van der Waals surface area (Å²) in [7, 11) is 0. The molecule has 0 saturated carbocycles. The molecule has 0 radical (unpaired) electrons. The molecule has 1 unspecified atom stereocenters. The van der Waals surface area contributed by atoms with E-state index in [1.54, 1.807) is 6.20 Å². The maximum atomic E-state index is 4.69. The molecule has 0 amide bonds. The number of aromatic amines is 1. The molecule has 2 aromatic rings. The monoisotopic (exact) mass is 276 g/mol. The highest BCUT2D eigenvalue weighted by molar-refractivity contribution is 5.87. The lowest BCUT2D eigenvalue weighted by atomic mass is 10.2. The summed E-state index contributed by atoms with van der Waals surface area (Å²) < 4.78 is 0. The number of hydrogen-bond donors (Lipinski definition) is 2. The third kappa shape index (κ3) is 2.84. The second kappa shape index (κ2) is 6.54. The second-order valence-corrected chi connectivity index (χ2v) is 4.97. The first-order chi connectivity index (χ1) is 9.71. The molecule has 2 heterocycles. The maximum Gasteiger partial charge on any atom is 0.226 e. The summed E-state index contributed by atoms with van der Waals surface area (Å²) in [5.74, 6) is 1.62. The Morgan fingerprint density at radius 2 is 2.10 bits per heavy atom. The Morgan fingerprint density at radius 3 is 2.75 bits per heavy atom. The van der Waals surface area contributed by atoms with Gasteiger partial charge in [0.2, 0.25) is 5.95 Å². The van der Waals surface area contributed by atoms with E-state index in [9.17, 15) is 0 Å². The van der Waals surface area contributed by atoms with E-state index in [1.807, 2.05) is 0 Å². The van der Waals surface area contributed by atoms with Crippen molar-refractivity contribution in [2.24, 2.45) is 0 Å². The van der Waals surface area contributed by atoms with Crippen LogP contribution in [-0.4, -0.2) is 39.3 Å². The molecule has 0 spiro atoms. The standard InChI is InChI=1S/C14H24N6/c1-5-8-15-14-17-12-11(9-16-19-12)13(18-14)20(7-3)10(4)6-2/h9-10H,5-8H2,1-4H3,(H2,15,16,17,18,19). The molecular weight excluding hydrogens is 252 g/mol. The molecule has 0 aliphatic carbocycles. The van der Waals surface area contributed by atoms with E-state index in [2.05, 4.69) is 53.1 Å². The van der Waals surface area contributed by atoms with Crippen molar-refractivity contribution in [2.45, 2.75) is 46.6 Å². The van der Waals surface area contributed by atoms with Crippen molar-refractivity contribution in [3.05, 3.63) is 6.20 Å². The number of anilines is 2. The van der Waals surface area contributed by atoms with Gasteiger partial charge in [-0.15, -0.1) is 0 Å². The van der Waals surface area contributed by atoms with Crippen LogP contribution in [0.25, 0.3) is 11.0 Å². The van der Waals surface area contributed by atoms with Gasteiger partial charge in [0.25, 0.3) is 0 Å². The van der Waals surface area contributed by atoms with Crippen LogP contribution in [0.4, 0.5) is 11.8 Å². The maximum absolute atomic E-state index is 4.69. The number of hydrogen-bond acceptors (Lipinski definition) is 5. The zero-order valence-corrected chi connectivity index (χ0v) is 12.8. The summed E-state index contributed by atoms with van der Waals surface area (Å²) in [4.78, 5) is 11.5. The average Bonchev–Trinajstić information content (AvgIpc) is 2.93. The minimum Gasteiger partial charge on any atom is -0.354 e. The Balaban J connectivity index is 2.45. The number of rotatable bonds is 7. The first-order valence-corrected chi connectivity index (χ1v) is 7.42. The zero-order valence-electron chi connectivity index (χ0n) is 12.8. The summed E-state index contributed by atoms with van der Waals surface area (Å²) in [6, 6.07) is 0.437. The first kappa shape index (κ1) is 14.6. The normalized spacial score (nSPS) is 12.6. The average molecular weight is 276 g/mol. The molecule has 110 valence electrons. The lowest BCUT2D eigenvalue weighted by molar-refractivity contribution is 0.625. The van der Waals surface area contributed by atoms with E-state index >= 15 is 0 Å². The number of nitrogens with one attached hydrogen (secondary N) is 2. The van der Waals surface area contributed by atoms with Crippen LogP contribution in [0.3, 0.4) is 0 Å². The molecule has 20 heavy (non-hydrogen) atoms. The van der Waals surface area contributed by atoms with Crippen molar-refractivity contribution < 1.29 is 0 Å². The minimum atomic E-state index is 0.437. The van der Waals surface area contributed by atoms with Gasteiger partial charge in [0.1, 0.15) is 5.82 Å². The Morgan fingerprint density at radius 1 is 1.30 bits per heavy atom. The number of nitrogens with zero attached hydrogens (tertiary/aromatic N) is 4. The fraction of sp³-hybridized carbons (Fsp3) is 0.643. The van der Waals surface area contributed by atoms with Crippen molar-refractivity contribution >= 4 is 22.8 Å². The van der Waals surface area contributed by atoms with E-state index in [0.29, 0.717) is 12.0 Å². The van der Waals surface area contributed by atoms with E-state index in [-0.39, 0.29) is 0 Å². The third-order valence-corrected chi connectivity index (χ3v) is 3.56. The molecule has 0 fully saturated rings. The van der Waals surface area contributed by atoms with Crippen molar-refractivity contribution in [1.29, 1.82) is 0 Å². The predicted molar refractivity (Wildman–Crippen MR) is 83.2 cm³/mol. The van der Waals surface area contributed by atoms with Gasteiger partial charge >= 0.3 is 0 Å². The molecule has 6 heteroatoms. The van der Waals surface area contributed by atoms with E-state index in [4.69, 9.17) is 4.98 Å². The molecule has 6 nitrogen and oxygen atoms in total. The van der Waals surface area contributed by atoms with Crippen LogP contribution in [0.2, 0.25) is 0 Å². The quantitative estimate of drug-likeness (QED) is 0.813. The van der Waals surface area contributed by atoms with Gasteiger partial charge in [-0.25, -0.2) is 0 Å². The molecule has 0 bridgehead atoms. The van der Waals surface area contributed by atoms with Crippen molar-refractivity contribution in [3.8, 4) is 0 Å². The zero-order chi connectivity index (χ0) is 14.5. The SMILES string of the molecule is CCCNc1nc(N(CC)C(C)CC)c2cn[nH]c2n1. The summed E-state index contributed by atoms with van der Waals surface area (Å²) in [6.07, 6.45) is 3.93. The van der Waals surface area contributed by atoms with Crippen LogP contribution in [0, 0.1) is 0 Å². The van der Waals surface area contributed by atoms with Gasteiger partial charge in [0, 0.05) is 19.1 Å². The molecule has 0 aliphatic heterocycles. The van der Waals surface area contributed by atoms with Gasteiger partial charge in [0.15, 0.2) is 5.65 Å². The Labute approximate surface area is 120 Å². The summed E-state index contributed by atoms with van der Waals surface area (Å²) in [5, 5.41) is 11.3. The molecule has 1 atom stereocenters. The number of aromatic nitrogens is 4. The highest BCUT2D eigenvalue weighted by Crippen LogP contribution is 2.26. The van der Waals surface area contributed by atoms with E-state index < -0.39 is 0 Å². The number of H-pyrrole nitrogens is 1. The van der Waals surface area contributed by atoms with Crippen molar-refractivity contribution in [2.75, 3.05) is 23.3 Å². The van der Waals surface area contributed by atoms with Crippen LogP contribution in [-0.2, 0) is 0 Å². The smallest absolute Gasteiger partial charge is 0.226 e. The molecule has 0 aliphatic rings. The highest BCUT2D eigenvalue weighted by Gasteiger charge is 2.18. The van der Waals surface area contributed by atoms with Gasteiger partial charge in [0.05, 0.1) is 11.6 Å². The molecule has 2 N–H and O–H groups in total. The second-order valence-electron chi connectivity index (χ2n) is 4.97. The Kier molecular flexibility index (Phi) is 4.76. The van der Waals surface area contributed by atoms with Crippen LogP contribution in [0.15, 0.2) is 6.20 Å². The van der Waals surface area contributed by atoms with Gasteiger partial charge < -0.3 is 10.2 Å². The Bertz CT molecular complexity index is 550. The summed E-state index contributed by atoms with van der Waals surface area (Å²) in [6.45, 7) is 10.5. The van der Waals surface area contributed by atoms with Gasteiger partial charge in [-0.2, -0.15) is 15.1 Å². The molecule has 2 aromatic heterocycles. The fourth-order valence-electron chi connectivity index (χ4n) is 2.25. The third-order valence-electron chi connectivity index (χ3n) is 3.56. The Hall–Kier alpha value is -1.85. The largest absolute Gasteiger partial charge is 0.354 e. The number of fused-ring (bicyclic) bond motifs is 1. The van der Waals surface area contributed by atoms with Gasteiger partial charge in [-0.05, 0) is 26.7 Å². The van der Waals surface area contributed by atoms with E-state index in [1.165, 1.54) is 0 Å². The van der Waals surface area contributed by atoms with Crippen LogP contribution in [0.5, 0.6) is 0 Å². The van der Waals surface area contributed by atoms with Gasteiger partial charge in [-0.3, -0.25) is 5.10 Å². The van der Waals surface area contributed by atoms with Crippen molar-refractivity contribution in [3.63, 3.8) is 0 Å². The molecule has 0 saturated heterocycles. The van der Waals surface area contributed by atoms with Crippen molar-refractivity contribution in [1.82, 2.24) is 20.2 Å². The molecular formula is C14H24N6. The first-order valence-electron chi connectivity index (χ1n) is 7.42. The van der Waals surface area contributed by atoms with Gasteiger partial charge in [-0.1, -0.05) is 13.8 Å². The van der Waals surface area contributed by atoms with Crippen LogP contribution >= 0.6 is 0 Å². The summed E-state index contributed by atoms with van der Waals surface area (Å²) >= 11 is 0. The van der Waals surface area contributed by atoms with E-state index in [0.717, 1.165) is 42.8 Å². The van der Waals surface area contributed by atoms with Crippen LogP contribution < -0.4 is 10.2 Å². The lowest BCUT2D eigenvalue weighted by Crippen LogP contribution is -2.33.